The zero-order chi connectivity index (χ0) is 17.5. The molecule has 2 aromatic rings. The maximum absolute atomic E-state index is 12.2. The molecule has 1 heterocycles. The van der Waals surface area contributed by atoms with E-state index in [1.54, 1.807) is 6.07 Å². The molecule has 0 spiro atoms. The van der Waals surface area contributed by atoms with Crippen molar-refractivity contribution in [2.75, 3.05) is 11.1 Å². The summed E-state index contributed by atoms with van der Waals surface area (Å²) in [4.78, 5) is 16.6. The molecule has 124 valence electrons. The number of carbonyl (C=O) groups is 1. The molecule has 0 unspecified atom stereocenters. The van der Waals surface area contributed by atoms with Crippen LogP contribution in [0.25, 0.3) is 0 Å². The number of nitrogens with zero attached hydrogens (tertiary/aromatic N) is 2. The molecule has 2 rings (SSSR count). The van der Waals surface area contributed by atoms with E-state index in [1.165, 1.54) is 11.8 Å². The number of nitriles is 1. The molecule has 1 aromatic heterocycles. The Morgan fingerprint density at radius 1 is 1.29 bits per heavy atom. The van der Waals surface area contributed by atoms with E-state index in [0.29, 0.717) is 22.8 Å². The molecule has 0 aliphatic heterocycles. The van der Waals surface area contributed by atoms with Crippen molar-refractivity contribution in [3.63, 3.8) is 0 Å². The summed E-state index contributed by atoms with van der Waals surface area (Å²) in [5.41, 5.74) is 4.55. The number of carbonyl (C=O) groups excluding carboxylic acids is 1. The number of rotatable bonds is 6. The minimum atomic E-state index is -0.0161. The zero-order valence-corrected chi connectivity index (χ0v) is 15.0. The van der Waals surface area contributed by atoms with Crippen LogP contribution in [0.15, 0.2) is 35.4 Å². The fourth-order valence-corrected chi connectivity index (χ4v) is 3.33. The molecule has 1 N–H and O–H groups in total. The Kier molecular flexibility index (Phi) is 6.39. The van der Waals surface area contributed by atoms with Gasteiger partial charge in [-0.25, -0.2) is 4.98 Å². The van der Waals surface area contributed by atoms with Crippen LogP contribution in [0.1, 0.15) is 35.7 Å². The van der Waals surface area contributed by atoms with Gasteiger partial charge in [0.05, 0.1) is 5.56 Å². The van der Waals surface area contributed by atoms with Gasteiger partial charge in [-0.05, 0) is 43.5 Å². The number of aryl methyl sites for hydroxylation is 3. The Bertz CT molecular complexity index is 781. The second-order valence-corrected chi connectivity index (χ2v) is 6.61. The maximum atomic E-state index is 12.2. The lowest BCUT2D eigenvalue weighted by Crippen LogP contribution is -2.14. The summed E-state index contributed by atoms with van der Waals surface area (Å²) in [5, 5.41) is 12.8. The highest BCUT2D eigenvalue weighted by atomic mass is 32.2. The number of hydrogen-bond donors (Lipinski definition) is 1. The SMILES string of the molecule is CCc1cccc(C)c1NC(=O)CCSc1nc(C)ccc1C#N. The third-order valence-corrected chi connectivity index (χ3v) is 4.69. The van der Waals surface area contributed by atoms with Gasteiger partial charge in [0.1, 0.15) is 11.1 Å². The lowest BCUT2D eigenvalue weighted by Gasteiger charge is -2.13. The van der Waals surface area contributed by atoms with Crippen molar-refractivity contribution in [2.24, 2.45) is 0 Å². The van der Waals surface area contributed by atoms with Crippen LogP contribution in [0.2, 0.25) is 0 Å². The Balaban J connectivity index is 1.96. The van der Waals surface area contributed by atoms with Gasteiger partial charge in [-0.1, -0.05) is 25.1 Å². The van der Waals surface area contributed by atoms with Crippen LogP contribution in [0, 0.1) is 25.2 Å². The van der Waals surface area contributed by atoms with Gasteiger partial charge in [-0.15, -0.1) is 11.8 Å². The van der Waals surface area contributed by atoms with Crippen molar-refractivity contribution in [3.05, 3.63) is 52.7 Å². The molecular weight excluding hydrogens is 318 g/mol. The fourth-order valence-electron chi connectivity index (χ4n) is 2.37. The number of nitrogens with one attached hydrogen (secondary N) is 1. The molecule has 0 saturated heterocycles. The molecule has 24 heavy (non-hydrogen) atoms. The van der Waals surface area contributed by atoms with Gasteiger partial charge in [0, 0.05) is 23.6 Å². The molecule has 0 bridgehead atoms. The van der Waals surface area contributed by atoms with Gasteiger partial charge in [-0.2, -0.15) is 5.26 Å². The molecule has 1 amide bonds. The first-order chi connectivity index (χ1) is 11.5. The van der Waals surface area contributed by atoms with Gasteiger partial charge in [-0.3, -0.25) is 4.79 Å². The van der Waals surface area contributed by atoms with Crippen LogP contribution >= 0.6 is 11.8 Å². The van der Waals surface area contributed by atoms with E-state index in [0.717, 1.165) is 28.9 Å². The van der Waals surface area contributed by atoms with Crippen LogP contribution in [-0.4, -0.2) is 16.6 Å². The summed E-state index contributed by atoms with van der Waals surface area (Å²) >= 11 is 1.44. The predicted molar refractivity (Wildman–Crippen MR) is 98.2 cm³/mol. The molecule has 0 radical (unpaired) electrons. The molecule has 4 nitrogen and oxygen atoms in total. The number of benzene rings is 1. The summed E-state index contributed by atoms with van der Waals surface area (Å²) in [7, 11) is 0. The number of hydrogen-bond acceptors (Lipinski definition) is 4. The average molecular weight is 339 g/mol. The van der Waals surface area contributed by atoms with Crippen molar-refractivity contribution < 1.29 is 4.79 Å². The predicted octanol–water partition coefficient (Wildman–Crippen LogP) is 4.25. The van der Waals surface area contributed by atoms with E-state index in [9.17, 15) is 4.79 Å². The second kappa shape index (κ2) is 8.51. The quantitative estimate of drug-likeness (QED) is 0.799. The molecule has 1 aromatic carbocycles. The van der Waals surface area contributed by atoms with Gasteiger partial charge in [0.25, 0.3) is 0 Å². The Labute approximate surface area is 147 Å². The number of amides is 1. The Morgan fingerprint density at radius 2 is 2.08 bits per heavy atom. The first-order valence-corrected chi connectivity index (χ1v) is 8.92. The van der Waals surface area contributed by atoms with Gasteiger partial charge < -0.3 is 5.32 Å². The van der Waals surface area contributed by atoms with E-state index < -0.39 is 0 Å². The van der Waals surface area contributed by atoms with E-state index in [2.05, 4.69) is 23.3 Å². The van der Waals surface area contributed by atoms with Crippen molar-refractivity contribution in [2.45, 2.75) is 38.6 Å². The highest BCUT2D eigenvalue weighted by Crippen LogP contribution is 2.23. The summed E-state index contributed by atoms with van der Waals surface area (Å²) in [6, 6.07) is 11.8. The van der Waals surface area contributed by atoms with Crippen LogP contribution < -0.4 is 5.32 Å². The third-order valence-electron chi connectivity index (χ3n) is 3.69. The largest absolute Gasteiger partial charge is 0.326 e. The Hall–Kier alpha value is -2.32. The van der Waals surface area contributed by atoms with Crippen molar-refractivity contribution in [1.82, 2.24) is 4.98 Å². The lowest BCUT2D eigenvalue weighted by atomic mass is 10.1. The smallest absolute Gasteiger partial charge is 0.225 e. The average Bonchev–Trinajstić information content (AvgIpc) is 2.57. The number of aromatic nitrogens is 1. The second-order valence-electron chi connectivity index (χ2n) is 5.53. The minimum Gasteiger partial charge on any atom is -0.326 e. The van der Waals surface area contributed by atoms with Gasteiger partial charge in [0.2, 0.25) is 5.91 Å². The van der Waals surface area contributed by atoms with Gasteiger partial charge >= 0.3 is 0 Å². The maximum Gasteiger partial charge on any atom is 0.225 e. The summed E-state index contributed by atoms with van der Waals surface area (Å²) < 4.78 is 0. The highest BCUT2D eigenvalue weighted by molar-refractivity contribution is 7.99. The topological polar surface area (TPSA) is 65.8 Å². The van der Waals surface area contributed by atoms with Crippen LogP contribution in [0.4, 0.5) is 5.69 Å². The van der Waals surface area contributed by atoms with Crippen LogP contribution in [0.3, 0.4) is 0 Å². The molecule has 5 heteroatoms. The molecule has 0 atom stereocenters. The van der Waals surface area contributed by atoms with Crippen molar-refractivity contribution >= 4 is 23.4 Å². The standard InChI is InChI=1S/C19H21N3OS/c1-4-15-7-5-6-13(2)18(15)22-17(23)10-11-24-19-16(12-20)9-8-14(3)21-19/h5-9H,4,10-11H2,1-3H3,(H,22,23). The first kappa shape index (κ1) is 18.0. The Morgan fingerprint density at radius 3 is 2.79 bits per heavy atom. The number of para-hydroxylation sites is 1. The minimum absolute atomic E-state index is 0.0161. The zero-order valence-electron chi connectivity index (χ0n) is 14.2. The summed E-state index contributed by atoms with van der Waals surface area (Å²) in [6.45, 7) is 5.97. The number of anilines is 1. The van der Waals surface area contributed by atoms with Crippen LogP contribution in [-0.2, 0) is 11.2 Å². The van der Waals surface area contributed by atoms with Crippen molar-refractivity contribution in [1.29, 1.82) is 5.26 Å². The molecule has 0 saturated carbocycles. The number of pyridine rings is 1. The van der Waals surface area contributed by atoms with Gasteiger partial charge in [0.15, 0.2) is 0 Å². The van der Waals surface area contributed by atoms with E-state index in [1.807, 2.05) is 38.1 Å². The molecular formula is C19H21N3OS. The fraction of sp³-hybridized carbons (Fsp3) is 0.316. The van der Waals surface area contributed by atoms with E-state index in [-0.39, 0.29) is 5.91 Å². The van der Waals surface area contributed by atoms with E-state index >= 15 is 0 Å². The van der Waals surface area contributed by atoms with Crippen LogP contribution in [0.5, 0.6) is 0 Å². The summed E-state index contributed by atoms with van der Waals surface area (Å²) in [6.07, 6.45) is 1.26. The summed E-state index contributed by atoms with van der Waals surface area (Å²) in [5.74, 6) is 0.572. The van der Waals surface area contributed by atoms with E-state index in [4.69, 9.17) is 5.26 Å². The molecule has 0 aliphatic rings. The third kappa shape index (κ3) is 4.59. The first-order valence-electron chi connectivity index (χ1n) is 7.94. The monoisotopic (exact) mass is 339 g/mol. The van der Waals surface area contributed by atoms with Crippen molar-refractivity contribution in [3.8, 4) is 6.07 Å². The normalized spacial score (nSPS) is 10.2. The molecule has 0 fully saturated rings. The lowest BCUT2D eigenvalue weighted by molar-refractivity contribution is -0.115. The highest BCUT2D eigenvalue weighted by Gasteiger charge is 2.10. The number of thioether (sulfide) groups is 1. The molecule has 0 aliphatic carbocycles.